The molecule has 1 aromatic rings. The van der Waals surface area contributed by atoms with Gasteiger partial charge >= 0.3 is 0 Å². The smallest absolute Gasteiger partial charge is 0.237 e. The topological polar surface area (TPSA) is 54.5 Å². The van der Waals surface area contributed by atoms with Crippen molar-refractivity contribution in [2.24, 2.45) is 11.3 Å². The largest absolute Gasteiger partial charge is 0.311 e. The van der Waals surface area contributed by atoms with Crippen LogP contribution in [0.1, 0.15) is 53.0 Å². The molecule has 0 aliphatic carbocycles. The van der Waals surface area contributed by atoms with Crippen LogP contribution in [0.5, 0.6) is 0 Å². The van der Waals surface area contributed by atoms with Gasteiger partial charge in [0, 0.05) is 23.2 Å². The molecule has 1 aliphatic heterocycles. The van der Waals surface area contributed by atoms with Crippen molar-refractivity contribution in [3.05, 3.63) is 29.8 Å². The number of nitrogens with zero attached hydrogens (tertiary/aromatic N) is 1. The highest BCUT2D eigenvalue weighted by atomic mass is 16.2. The molecule has 0 spiro atoms. The summed E-state index contributed by atoms with van der Waals surface area (Å²) in [6.07, 6.45) is 0.965. The molecule has 1 aromatic carbocycles. The number of carbonyl (C=O) groups is 3. The molecular weight excluding hydrogens is 313 g/mol. The SMILES string of the molecule is C[B]C(=O)C(C)(C)C(C)(C)c1ccc(N2C(=O)CC(CC)C2=O)cc1. The fourth-order valence-corrected chi connectivity index (χ4v) is 3.34. The van der Waals surface area contributed by atoms with Gasteiger partial charge < -0.3 is 4.79 Å². The van der Waals surface area contributed by atoms with Gasteiger partial charge in [0.1, 0.15) is 0 Å². The molecule has 4 nitrogen and oxygen atoms in total. The van der Waals surface area contributed by atoms with Crippen molar-refractivity contribution < 1.29 is 14.4 Å². The van der Waals surface area contributed by atoms with Crippen molar-refractivity contribution >= 4 is 30.5 Å². The summed E-state index contributed by atoms with van der Waals surface area (Å²) in [7, 11) is 1.61. The molecule has 1 fully saturated rings. The van der Waals surface area contributed by atoms with E-state index >= 15 is 0 Å². The van der Waals surface area contributed by atoms with Crippen molar-refractivity contribution in [1.29, 1.82) is 0 Å². The Balaban J connectivity index is 2.33. The first kappa shape index (κ1) is 19.4. The Bertz CT molecular complexity index is 691. The summed E-state index contributed by atoms with van der Waals surface area (Å²) in [6, 6.07) is 7.45. The van der Waals surface area contributed by atoms with Crippen LogP contribution in [0.3, 0.4) is 0 Å². The zero-order valence-electron chi connectivity index (χ0n) is 16.1. The lowest BCUT2D eigenvalue weighted by Gasteiger charge is -2.41. The van der Waals surface area contributed by atoms with Gasteiger partial charge in [-0.25, -0.2) is 0 Å². The van der Waals surface area contributed by atoms with Gasteiger partial charge in [0.2, 0.25) is 11.8 Å². The molecule has 0 saturated carbocycles. The van der Waals surface area contributed by atoms with Crippen LogP contribution in [0.25, 0.3) is 0 Å². The van der Waals surface area contributed by atoms with Crippen molar-refractivity contribution in [3.8, 4) is 0 Å². The average molecular weight is 340 g/mol. The maximum Gasteiger partial charge on any atom is 0.237 e. The molecule has 0 N–H and O–H groups in total. The summed E-state index contributed by atoms with van der Waals surface area (Å²) in [6.45, 7) is 11.7. The number of imide groups is 1. The molecule has 25 heavy (non-hydrogen) atoms. The summed E-state index contributed by atoms with van der Waals surface area (Å²) in [5.41, 5.74) is 0.757. The Morgan fingerprint density at radius 2 is 1.72 bits per heavy atom. The molecule has 0 bridgehead atoms. The van der Waals surface area contributed by atoms with E-state index in [1.165, 1.54) is 4.90 Å². The minimum Gasteiger partial charge on any atom is -0.311 e. The van der Waals surface area contributed by atoms with Crippen LogP contribution >= 0.6 is 0 Å². The van der Waals surface area contributed by atoms with E-state index < -0.39 is 5.41 Å². The van der Waals surface area contributed by atoms with Crippen LogP contribution < -0.4 is 4.90 Å². The Kier molecular flexibility index (Phi) is 5.26. The van der Waals surface area contributed by atoms with Gasteiger partial charge in [0.25, 0.3) is 0 Å². The fraction of sp³-hybridized carbons (Fsp3) is 0.550. The molecule has 1 heterocycles. The maximum absolute atomic E-state index is 12.4. The molecule has 1 unspecified atom stereocenters. The Hall–Kier alpha value is -1.91. The summed E-state index contributed by atoms with van der Waals surface area (Å²) in [5.74, 6) is -0.462. The number of anilines is 1. The van der Waals surface area contributed by atoms with Crippen molar-refractivity contribution in [2.75, 3.05) is 4.90 Å². The number of benzene rings is 1. The highest BCUT2D eigenvalue weighted by Crippen LogP contribution is 2.42. The first-order chi connectivity index (χ1) is 11.6. The molecule has 1 aliphatic rings. The second-order valence-corrected chi connectivity index (χ2v) is 7.83. The van der Waals surface area contributed by atoms with Crippen molar-refractivity contribution in [3.63, 3.8) is 0 Å². The molecule has 1 radical (unpaired) electrons. The van der Waals surface area contributed by atoms with Gasteiger partial charge in [-0.15, -0.1) is 0 Å². The normalized spacial score (nSPS) is 18.6. The van der Waals surface area contributed by atoms with E-state index in [1.807, 2.05) is 46.8 Å². The van der Waals surface area contributed by atoms with Gasteiger partial charge in [0.15, 0.2) is 7.28 Å². The average Bonchev–Trinajstić information content (AvgIpc) is 2.87. The minimum absolute atomic E-state index is 0.0947. The Labute approximate surface area is 151 Å². The van der Waals surface area contributed by atoms with Crippen LogP contribution in [0.2, 0.25) is 6.82 Å². The molecule has 5 heteroatoms. The van der Waals surface area contributed by atoms with E-state index in [0.29, 0.717) is 12.1 Å². The van der Waals surface area contributed by atoms with Crippen molar-refractivity contribution in [2.45, 2.75) is 59.7 Å². The summed E-state index contributed by atoms with van der Waals surface area (Å²) >= 11 is 0. The zero-order valence-corrected chi connectivity index (χ0v) is 16.1. The van der Waals surface area contributed by atoms with Crippen molar-refractivity contribution in [1.82, 2.24) is 0 Å². The number of rotatable bonds is 6. The van der Waals surface area contributed by atoms with E-state index in [2.05, 4.69) is 0 Å². The highest BCUT2D eigenvalue weighted by Gasteiger charge is 2.43. The molecule has 2 amide bonds. The molecule has 0 aromatic heterocycles. The Morgan fingerprint density at radius 3 is 2.16 bits per heavy atom. The van der Waals surface area contributed by atoms with Crippen LogP contribution in [-0.4, -0.2) is 24.8 Å². The lowest BCUT2D eigenvalue weighted by atomic mass is 9.53. The zero-order chi connectivity index (χ0) is 19.0. The van der Waals surface area contributed by atoms with E-state index in [4.69, 9.17) is 0 Å². The summed E-state index contributed by atoms with van der Waals surface area (Å²) < 4.78 is 0. The summed E-state index contributed by atoms with van der Waals surface area (Å²) in [5, 5.41) is 0. The number of hydrogen-bond donors (Lipinski definition) is 0. The molecule has 1 saturated heterocycles. The van der Waals surface area contributed by atoms with E-state index in [-0.39, 0.29) is 35.3 Å². The molecule has 133 valence electrons. The predicted molar refractivity (Wildman–Crippen MR) is 101 cm³/mol. The number of hydrogen-bond acceptors (Lipinski definition) is 3. The van der Waals surface area contributed by atoms with Crippen LogP contribution in [-0.2, 0) is 19.8 Å². The van der Waals surface area contributed by atoms with Gasteiger partial charge in [-0.1, -0.05) is 53.6 Å². The van der Waals surface area contributed by atoms with E-state index in [1.54, 1.807) is 26.2 Å². The lowest BCUT2D eigenvalue weighted by Crippen LogP contribution is -2.44. The fourth-order valence-electron chi connectivity index (χ4n) is 3.34. The number of amides is 2. The highest BCUT2D eigenvalue weighted by molar-refractivity contribution is 6.73. The van der Waals surface area contributed by atoms with Crippen LogP contribution in [0, 0.1) is 11.3 Å². The van der Waals surface area contributed by atoms with Gasteiger partial charge in [-0.2, -0.15) is 0 Å². The first-order valence-electron chi connectivity index (χ1n) is 8.89. The third-order valence-corrected chi connectivity index (χ3v) is 6.02. The van der Waals surface area contributed by atoms with Gasteiger partial charge in [-0.3, -0.25) is 14.5 Å². The van der Waals surface area contributed by atoms with Gasteiger partial charge in [-0.05, 0) is 24.1 Å². The minimum atomic E-state index is -0.560. The standard InChI is InChI=1S/C20H27BNO3/c1-7-13-12-16(23)22(17(13)24)15-10-8-14(9-11-15)19(2,3)20(4,5)18(25)21-6/h8-11,13H,7,12H2,1-6H3. The second-order valence-electron chi connectivity index (χ2n) is 7.83. The molecule has 1 atom stereocenters. The monoisotopic (exact) mass is 340 g/mol. The first-order valence-corrected chi connectivity index (χ1v) is 8.89. The van der Waals surface area contributed by atoms with E-state index in [0.717, 1.165) is 5.56 Å². The lowest BCUT2D eigenvalue weighted by molar-refractivity contribution is -0.123. The third kappa shape index (κ3) is 3.16. The third-order valence-electron chi connectivity index (χ3n) is 6.02. The molecular formula is C20H27BNO3. The maximum atomic E-state index is 12.4. The van der Waals surface area contributed by atoms with Crippen LogP contribution in [0.4, 0.5) is 5.69 Å². The van der Waals surface area contributed by atoms with E-state index in [9.17, 15) is 14.4 Å². The quantitative estimate of drug-likeness (QED) is 0.588. The Morgan fingerprint density at radius 1 is 1.16 bits per heavy atom. The van der Waals surface area contributed by atoms with Crippen LogP contribution in [0.15, 0.2) is 24.3 Å². The number of carbonyl (C=O) groups excluding carboxylic acids is 3. The van der Waals surface area contributed by atoms with Gasteiger partial charge in [0.05, 0.1) is 11.4 Å². The predicted octanol–water partition coefficient (Wildman–Crippen LogP) is 3.56. The summed E-state index contributed by atoms with van der Waals surface area (Å²) in [4.78, 5) is 38.2. The molecule has 2 rings (SSSR count). The second kappa shape index (κ2) is 6.78.